The lowest BCUT2D eigenvalue weighted by Crippen LogP contribution is -2.22. The van der Waals surface area contributed by atoms with Crippen molar-refractivity contribution in [2.24, 2.45) is 0 Å². The molecule has 4 nitrogen and oxygen atoms in total. The molecule has 2 aromatic carbocycles. The zero-order valence-corrected chi connectivity index (χ0v) is 14.6. The molecular formula is C16H12Cl2FNO3S. The van der Waals surface area contributed by atoms with Crippen molar-refractivity contribution in [1.82, 2.24) is 0 Å². The number of rotatable bonds is 6. The molecule has 0 radical (unpaired) electrons. The van der Waals surface area contributed by atoms with Crippen LogP contribution < -0.4 is 5.32 Å². The lowest BCUT2D eigenvalue weighted by atomic mass is 10.3. The Morgan fingerprint density at radius 3 is 2.42 bits per heavy atom. The summed E-state index contributed by atoms with van der Waals surface area (Å²) in [5.41, 5.74) is 0.252. The molecule has 2 rings (SSSR count). The zero-order valence-electron chi connectivity index (χ0n) is 12.2. The minimum atomic E-state index is -0.636. The van der Waals surface area contributed by atoms with Crippen LogP contribution in [0.1, 0.15) is 0 Å². The summed E-state index contributed by atoms with van der Waals surface area (Å²) in [5.74, 6) is -1.74. The number of ether oxygens (including phenoxy) is 1. The Morgan fingerprint density at radius 1 is 1.08 bits per heavy atom. The fourth-order valence-electron chi connectivity index (χ4n) is 1.68. The third-order valence-corrected chi connectivity index (χ3v) is 4.43. The van der Waals surface area contributed by atoms with Crippen LogP contribution in [0.4, 0.5) is 10.1 Å². The summed E-state index contributed by atoms with van der Waals surface area (Å²) in [6.07, 6.45) is 0. The summed E-state index contributed by atoms with van der Waals surface area (Å²) in [7, 11) is 0. The summed E-state index contributed by atoms with van der Waals surface area (Å²) in [5, 5.41) is 3.02. The van der Waals surface area contributed by atoms with E-state index >= 15 is 0 Å². The van der Waals surface area contributed by atoms with Crippen LogP contribution in [0.25, 0.3) is 0 Å². The standard InChI is InChI=1S/C16H12Cl2FNO3S/c17-10-4-3-5-11(18)16(10)20-14(21)8-23-15(22)9-24-13-7-2-1-6-12(13)19/h1-7H,8-9H2,(H,20,21). The second-order valence-corrected chi connectivity index (χ2v) is 6.36. The first-order valence-electron chi connectivity index (χ1n) is 6.74. The van der Waals surface area contributed by atoms with E-state index in [1.807, 2.05) is 0 Å². The number of nitrogens with one attached hydrogen (secondary N) is 1. The van der Waals surface area contributed by atoms with Crippen molar-refractivity contribution >= 4 is 52.5 Å². The highest BCUT2D eigenvalue weighted by atomic mass is 35.5. The zero-order chi connectivity index (χ0) is 17.5. The molecule has 0 unspecified atom stereocenters. The van der Waals surface area contributed by atoms with Gasteiger partial charge in [-0.25, -0.2) is 4.39 Å². The Labute approximate surface area is 152 Å². The lowest BCUT2D eigenvalue weighted by Gasteiger charge is -2.09. The number of amides is 1. The van der Waals surface area contributed by atoms with E-state index in [1.165, 1.54) is 6.07 Å². The topological polar surface area (TPSA) is 55.4 Å². The predicted octanol–water partition coefficient (Wildman–Crippen LogP) is 4.41. The maximum absolute atomic E-state index is 13.4. The minimum absolute atomic E-state index is 0.110. The van der Waals surface area contributed by atoms with Gasteiger partial charge in [-0.05, 0) is 24.3 Å². The average molecular weight is 388 g/mol. The fraction of sp³-hybridized carbons (Fsp3) is 0.125. The van der Waals surface area contributed by atoms with Gasteiger partial charge >= 0.3 is 5.97 Å². The predicted molar refractivity (Wildman–Crippen MR) is 93.2 cm³/mol. The molecule has 1 N–H and O–H groups in total. The van der Waals surface area contributed by atoms with Gasteiger partial charge in [-0.2, -0.15) is 0 Å². The highest BCUT2D eigenvalue weighted by molar-refractivity contribution is 8.00. The smallest absolute Gasteiger partial charge is 0.316 e. The molecule has 0 aliphatic carbocycles. The van der Waals surface area contributed by atoms with Crippen LogP contribution in [0.2, 0.25) is 10.0 Å². The first-order chi connectivity index (χ1) is 11.5. The summed E-state index contributed by atoms with van der Waals surface area (Å²) in [6, 6.07) is 10.9. The molecule has 0 fully saturated rings. The van der Waals surface area contributed by atoms with Gasteiger partial charge in [0.25, 0.3) is 5.91 Å². The Hall–Kier alpha value is -1.76. The van der Waals surface area contributed by atoms with Crippen molar-refractivity contribution in [3.63, 3.8) is 0 Å². The molecule has 0 aromatic heterocycles. The summed E-state index contributed by atoms with van der Waals surface area (Å²) < 4.78 is 18.2. The largest absolute Gasteiger partial charge is 0.455 e. The first-order valence-corrected chi connectivity index (χ1v) is 8.48. The maximum atomic E-state index is 13.4. The Morgan fingerprint density at radius 2 is 1.75 bits per heavy atom. The van der Waals surface area contributed by atoms with Gasteiger partial charge in [0.05, 0.1) is 21.5 Å². The van der Waals surface area contributed by atoms with E-state index in [2.05, 4.69) is 5.32 Å². The third kappa shape index (κ3) is 5.40. The summed E-state index contributed by atoms with van der Waals surface area (Å²) in [4.78, 5) is 23.7. The molecule has 0 aliphatic heterocycles. The molecule has 0 saturated heterocycles. The molecule has 0 atom stereocenters. The SMILES string of the molecule is O=C(COC(=O)CSc1ccccc1F)Nc1c(Cl)cccc1Cl. The molecule has 8 heteroatoms. The van der Waals surface area contributed by atoms with E-state index in [9.17, 15) is 14.0 Å². The van der Waals surface area contributed by atoms with E-state index in [1.54, 1.807) is 36.4 Å². The van der Waals surface area contributed by atoms with Gasteiger partial charge in [0.1, 0.15) is 5.82 Å². The molecule has 0 saturated carbocycles. The quantitative estimate of drug-likeness (QED) is 0.589. The number of carbonyl (C=O) groups is 2. The number of anilines is 1. The number of esters is 1. The molecule has 126 valence electrons. The normalized spacial score (nSPS) is 10.3. The van der Waals surface area contributed by atoms with Crippen LogP contribution in [0.5, 0.6) is 0 Å². The Bertz CT molecular complexity index is 738. The fourth-order valence-corrected chi connectivity index (χ4v) is 2.91. The molecule has 0 aliphatic rings. The van der Waals surface area contributed by atoms with Gasteiger partial charge in [-0.3, -0.25) is 9.59 Å². The minimum Gasteiger partial charge on any atom is -0.455 e. The molecule has 24 heavy (non-hydrogen) atoms. The number of halogens is 3. The van der Waals surface area contributed by atoms with Crippen LogP contribution in [0, 0.1) is 5.82 Å². The van der Waals surface area contributed by atoms with Gasteiger partial charge in [-0.15, -0.1) is 11.8 Å². The van der Waals surface area contributed by atoms with Crippen LogP contribution in [-0.2, 0) is 14.3 Å². The average Bonchev–Trinajstić information content (AvgIpc) is 2.56. The van der Waals surface area contributed by atoms with E-state index in [0.29, 0.717) is 4.90 Å². The van der Waals surface area contributed by atoms with Crippen molar-refractivity contribution in [3.05, 3.63) is 58.3 Å². The van der Waals surface area contributed by atoms with Crippen LogP contribution in [0.3, 0.4) is 0 Å². The highest BCUT2D eigenvalue weighted by Gasteiger charge is 2.13. The number of thioether (sulfide) groups is 1. The van der Waals surface area contributed by atoms with Crippen molar-refractivity contribution in [2.75, 3.05) is 17.7 Å². The summed E-state index contributed by atoms with van der Waals surface area (Å²) in [6.45, 7) is -0.488. The van der Waals surface area contributed by atoms with E-state index < -0.39 is 24.3 Å². The number of benzene rings is 2. The molecule has 2 aromatic rings. The third-order valence-electron chi connectivity index (χ3n) is 2.77. The van der Waals surface area contributed by atoms with Crippen molar-refractivity contribution in [2.45, 2.75) is 4.90 Å². The Balaban J connectivity index is 1.79. The number of hydrogen-bond acceptors (Lipinski definition) is 4. The monoisotopic (exact) mass is 387 g/mol. The van der Waals surface area contributed by atoms with Crippen LogP contribution in [-0.4, -0.2) is 24.2 Å². The van der Waals surface area contributed by atoms with Crippen molar-refractivity contribution in [3.8, 4) is 0 Å². The van der Waals surface area contributed by atoms with E-state index in [0.717, 1.165) is 11.8 Å². The van der Waals surface area contributed by atoms with Crippen molar-refractivity contribution in [1.29, 1.82) is 0 Å². The summed E-state index contributed by atoms with van der Waals surface area (Å²) >= 11 is 12.8. The van der Waals surface area contributed by atoms with Crippen LogP contribution in [0.15, 0.2) is 47.4 Å². The van der Waals surface area contributed by atoms with Gasteiger partial charge in [0, 0.05) is 4.90 Å². The van der Waals surface area contributed by atoms with Crippen LogP contribution >= 0.6 is 35.0 Å². The van der Waals surface area contributed by atoms with Gasteiger partial charge in [-0.1, -0.05) is 41.4 Å². The van der Waals surface area contributed by atoms with Crippen molar-refractivity contribution < 1.29 is 18.7 Å². The number of para-hydroxylation sites is 1. The van der Waals surface area contributed by atoms with Gasteiger partial charge < -0.3 is 10.1 Å². The lowest BCUT2D eigenvalue weighted by molar-refractivity contribution is -0.144. The van der Waals surface area contributed by atoms with E-state index in [-0.39, 0.29) is 21.5 Å². The first kappa shape index (κ1) is 18.6. The molecule has 1 amide bonds. The second-order valence-electron chi connectivity index (χ2n) is 4.52. The second kappa shape index (κ2) is 8.92. The maximum Gasteiger partial charge on any atom is 0.316 e. The molecule has 0 bridgehead atoms. The molecular weight excluding hydrogens is 376 g/mol. The highest BCUT2D eigenvalue weighted by Crippen LogP contribution is 2.29. The number of hydrogen-bond donors (Lipinski definition) is 1. The van der Waals surface area contributed by atoms with Gasteiger partial charge in [0.15, 0.2) is 6.61 Å². The Kier molecular flexibility index (Phi) is 6.90. The molecule has 0 heterocycles. The number of carbonyl (C=O) groups excluding carboxylic acids is 2. The molecule has 0 spiro atoms. The van der Waals surface area contributed by atoms with Gasteiger partial charge in [0.2, 0.25) is 0 Å². The van der Waals surface area contributed by atoms with E-state index in [4.69, 9.17) is 27.9 Å².